The molecule has 0 N–H and O–H groups in total. The molecule has 4 nitrogen and oxygen atoms in total. The lowest BCUT2D eigenvalue weighted by atomic mass is 10.0. The maximum absolute atomic E-state index is 13.8. The summed E-state index contributed by atoms with van der Waals surface area (Å²) in [5.74, 6) is -0.254. The Balaban J connectivity index is 1.39. The Labute approximate surface area is 155 Å². The van der Waals surface area contributed by atoms with Crippen molar-refractivity contribution >= 4 is 27.5 Å². The fourth-order valence-corrected chi connectivity index (χ4v) is 4.14. The number of piperidine rings is 1. The molecule has 0 atom stereocenters. The summed E-state index contributed by atoms with van der Waals surface area (Å²) in [5.41, 5.74) is 2.11. The lowest BCUT2D eigenvalue weighted by Crippen LogP contribution is -2.42. The Morgan fingerprint density at radius 2 is 1.96 bits per heavy atom. The van der Waals surface area contributed by atoms with E-state index in [4.69, 9.17) is 4.74 Å². The summed E-state index contributed by atoms with van der Waals surface area (Å²) in [6.07, 6.45) is 1.49. The van der Waals surface area contributed by atoms with Crippen molar-refractivity contribution in [2.24, 2.45) is 0 Å². The molecule has 26 heavy (non-hydrogen) atoms. The van der Waals surface area contributed by atoms with Crippen LogP contribution in [0.3, 0.4) is 0 Å². The lowest BCUT2D eigenvalue weighted by Gasteiger charge is -2.32. The number of likely N-dealkylation sites (tertiary alicyclic amines) is 1. The van der Waals surface area contributed by atoms with Crippen LogP contribution >= 0.6 is 11.3 Å². The zero-order valence-electron chi connectivity index (χ0n) is 14.4. The standard InChI is InChI=1S/C20H19FN2O2S/c1-13-5-2-3-6-15(13)19(24)23-11-9-14(10-12-23)25-20-22-18-16(21)7-4-8-17(18)26-20/h2-8,14H,9-12H2,1H3. The van der Waals surface area contributed by atoms with Crippen LogP contribution in [0.5, 0.6) is 5.19 Å². The quantitative estimate of drug-likeness (QED) is 0.685. The van der Waals surface area contributed by atoms with E-state index in [-0.39, 0.29) is 17.8 Å². The third kappa shape index (κ3) is 3.29. The second-order valence-electron chi connectivity index (χ2n) is 6.49. The number of fused-ring (bicyclic) bond motifs is 1. The Morgan fingerprint density at radius 3 is 2.69 bits per heavy atom. The molecule has 0 bridgehead atoms. The van der Waals surface area contributed by atoms with E-state index in [0.717, 1.165) is 28.7 Å². The van der Waals surface area contributed by atoms with Crippen molar-refractivity contribution in [3.8, 4) is 5.19 Å². The van der Waals surface area contributed by atoms with Gasteiger partial charge in [-0.25, -0.2) is 4.39 Å². The zero-order valence-corrected chi connectivity index (χ0v) is 15.3. The number of nitrogens with zero attached hydrogens (tertiary/aromatic N) is 2. The minimum Gasteiger partial charge on any atom is -0.467 e. The number of hydrogen-bond acceptors (Lipinski definition) is 4. The van der Waals surface area contributed by atoms with Crippen LogP contribution in [0.1, 0.15) is 28.8 Å². The first-order valence-corrected chi connectivity index (χ1v) is 9.50. The molecule has 1 amide bonds. The molecule has 3 aromatic rings. The van der Waals surface area contributed by atoms with Crippen LogP contribution in [0.2, 0.25) is 0 Å². The minimum absolute atomic E-state index is 0.000422. The Kier molecular flexibility index (Phi) is 4.59. The maximum atomic E-state index is 13.8. The van der Waals surface area contributed by atoms with Crippen molar-refractivity contribution in [1.29, 1.82) is 0 Å². The van der Waals surface area contributed by atoms with Gasteiger partial charge >= 0.3 is 0 Å². The van der Waals surface area contributed by atoms with E-state index in [2.05, 4.69) is 4.98 Å². The number of para-hydroxylation sites is 1. The number of carbonyl (C=O) groups is 1. The molecule has 1 saturated heterocycles. The van der Waals surface area contributed by atoms with Gasteiger partial charge in [-0.15, -0.1) is 0 Å². The summed E-state index contributed by atoms with van der Waals surface area (Å²) >= 11 is 1.36. The first-order chi connectivity index (χ1) is 12.6. The van der Waals surface area contributed by atoms with Gasteiger partial charge in [-0.3, -0.25) is 4.79 Å². The minimum atomic E-state index is -0.327. The van der Waals surface area contributed by atoms with Gasteiger partial charge in [0.05, 0.1) is 4.70 Å². The van der Waals surface area contributed by atoms with E-state index >= 15 is 0 Å². The molecule has 4 rings (SSSR count). The zero-order chi connectivity index (χ0) is 18.1. The van der Waals surface area contributed by atoms with Crippen molar-refractivity contribution in [2.75, 3.05) is 13.1 Å². The van der Waals surface area contributed by atoms with Crippen LogP contribution in [-0.2, 0) is 0 Å². The number of hydrogen-bond donors (Lipinski definition) is 0. The first-order valence-electron chi connectivity index (χ1n) is 8.68. The number of rotatable bonds is 3. The predicted octanol–water partition coefficient (Wildman–Crippen LogP) is 4.43. The summed E-state index contributed by atoms with van der Waals surface area (Å²) in [4.78, 5) is 18.8. The molecule has 6 heteroatoms. The molecule has 0 unspecified atom stereocenters. The van der Waals surface area contributed by atoms with Crippen molar-refractivity contribution in [2.45, 2.75) is 25.9 Å². The summed E-state index contributed by atoms with van der Waals surface area (Å²) in [6, 6.07) is 12.6. The number of benzene rings is 2. The monoisotopic (exact) mass is 370 g/mol. The number of thiazole rings is 1. The van der Waals surface area contributed by atoms with Gasteiger partial charge in [-0.05, 0) is 30.7 Å². The molecule has 0 spiro atoms. The maximum Gasteiger partial charge on any atom is 0.274 e. The molecule has 1 aliphatic rings. The second kappa shape index (κ2) is 7.03. The van der Waals surface area contributed by atoms with Gasteiger partial charge in [-0.2, -0.15) is 4.98 Å². The Bertz CT molecular complexity index is 948. The van der Waals surface area contributed by atoms with E-state index in [1.54, 1.807) is 6.07 Å². The summed E-state index contributed by atoms with van der Waals surface area (Å²) in [6.45, 7) is 3.25. The number of amides is 1. The lowest BCUT2D eigenvalue weighted by molar-refractivity contribution is 0.0595. The fraction of sp³-hybridized carbons (Fsp3) is 0.300. The van der Waals surface area contributed by atoms with E-state index < -0.39 is 0 Å². The predicted molar refractivity (Wildman–Crippen MR) is 100 cm³/mol. The van der Waals surface area contributed by atoms with E-state index in [1.165, 1.54) is 17.4 Å². The highest BCUT2D eigenvalue weighted by atomic mass is 32.1. The molecule has 1 fully saturated rings. The summed E-state index contributed by atoms with van der Waals surface area (Å²) < 4.78 is 20.5. The number of aromatic nitrogens is 1. The highest BCUT2D eigenvalue weighted by molar-refractivity contribution is 7.20. The van der Waals surface area contributed by atoms with Crippen molar-refractivity contribution in [3.63, 3.8) is 0 Å². The highest BCUT2D eigenvalue weighted by Crippen LogP contribution is 2.31. The Morgan fingerprint density at radius 1 is 1.19 bits per heavy atom. The van der Waals surface area contributed by atoms with Crippen LogP contribution in [0.4, 0.5) is 4.39 Å². The van der Waals surface area contributed by atoms with Gasteiger partial charge in [-0.1, -0.05) is 35.6 Å². The molecule has 2 heterocycles. The highest BCUT2D eigenvalue weighted by Gasteiger charge is 2.26. The summed E-state index contributed by atoms with van der Waals surface area (Å²) in [7, 11) is 0. The molecule has 2 aromatic carbocycles. The van der Waals surface area contributed by atoms with Crippen LogP contribution < -0.4 is 4.74 Å². The topological polar surface area (TPSA) is 42.4 Å². The molecule has 0 radical (unpaired) electrons. The molecule has 0 saturated carbocycles. The third-order valence-corrected chi connectivity index (χ3v) is 5.63. The van der Waals surface area contributed by atoms with Crippen molar-refractivity contribution in [1.82, 2.24) is 9.88 Å². The number of ether oxygens (including phenoxy) is 1. The molecule has 1 aliphatic heterocycles. The second-order valence-corrected chi connectivity index (χ2v) is 7.48. The van der Waals surface area contributed by atoms with Gasteiger partial charge in [0.2, 0.25) is 0 Å². The smallest absolute Gasteiger partial charge is 0.274 e. The third-order valence-electron chi connectivity index (χ3n) is 4.72. The SMILES string of the molecule is Cc1ccccc1C(=O)N1CCC(Oc2nc3c(F)cccc3s2)CC1. The van der Waals surface area contributed by atoms with Gasteiger partial charge in [0.25, 0.3) is 11.1 Å². The normalized spacial score (nSPS) is 15.4. The van der Waals surface area contributed by atoms with Crippen molar-refractivity contribution in [3.05, 3.63) is 59.4 Å². The molecule has 134 valence electrons. The number of aryl methyl sites for hydroxylation is 1. The largest absolute Gasteiger partial charge is 0.467 e. The number of halogens is 1. The van der Waals surface area contributed by atoms with Gasteiger partial charge in [0.15, 0.2) is 0 Å². The average molecular weight is 370 g/mol. The number of carbonyl (C=O) groups excluding carboxylic acids is 1. The fourth-order valence-electron chi connectivity index (χ4n) is 3.25. The van der Waals surface area contributed by atoms with Crippen LogP contribution in [0.15, 0.2) is 42.5 Å². The first kappa shape index (κ1) is 17.0. The Hall–Kier alpha value is -2.47. The average Bonchev–Trinajstić information content (AvgIpc) is 3.06. The van der Waals surface area contributed by atoms with Gasteiger partial charge in [0, 0.05) is 31.5 Å². The van der Waals surface area contributed by atoms with E-state index in [0.29, 0.717) is 23.8 Å². The van der Waals surface area contributed by atoms with Crippen LogP contribution in [-0.4, -0.2) is 35.0 Å². The van der Waals surface area contributed by atoms with Gasteiger partial charge in [0.1, 0.15) is 17.4 Å². The van der Waals surface area contributed by atoms with E-state index in [9.17, 15) is 9.18 Å². The van der Waals surface area contributed by atoms with E-state index in [1.807, 2.05) is 42.2 Å². The van der Waals surface area contributed by atoms with Crippen LogP contribution in [0.25, 0.3) is 10.2 Å². The summed E-state index contributed by atoms with van der Waals surface area (Å²) in [5, 5.41) is 0.494. The molecule has 1 aromatic heterocycles. The molecule has 0 aliphatic carbocycles. The molecular weight excluding hydrogens is 351 g/mol. The van der Waals surface area contributed by atoms with Gasteiger partial charge < -0.3 is 9.64 Å². The molecular formula is C20H19FN2O2S. The van der Waals surface area contributed by atoms with Crippen molar-refractivity contribution < 1.29 is 13.9 Å². The van der Waals surface area contributed by atoms with Crippen LogP contribution in [0, 0.1) is 12.7 Å².